The van der Waals surface area contributed by atoms with E-state index < -0.39 is 0 Å². The molecule has 1 N–H and O–H groups in total. The van der Waals surface area contributed by atoms with Crippen LogP contribution in [0.5, 0.6) is 5.75 Å². The number of ether oxygens (including phenoxy) is 1. The Bertz CT molecular complexity index is 820. The Hall–Kier alpha value is -2.41. The van der Waals surface area contributed by atoms with Crippen molar-refractivity contribution < 1.29 is 14.3 Å². The lowest BCUT2D eigenvalue weighted by atomic mass is 9.97. The average Bonchev–Trinajstić information content (AvgIpc) is 3.28. The van der Waals surface area contributed by atoms with Crippen molar-refractivity contribution in [2.24, 2.45) is 5.92 Å². The number of hydrogen-bond acceptors (Lipinski definition) is 5. The third-order valence-electron chi connectivity index (χ3n) is 4.73. The van der Waals surface area contributed by atoms with Gasteiger partial charge in [0.15, 0.2) is 5.13 Å². The van der Waals surface area contributed by atoms with Crippen LogP contribution in [-0.2, 0) is 22.4 Å². The van der Waals surface area contributed by atoms with E-state index in [2.05, 4.69) is 16.4 Å². The first-order valence-electron chi connectivity index (χ1n) is 8.91. The third kappa shape index (κ3) is 3.72. The molecule has 136 valence electrons. The minimum absolute atomic E-state index is 0.0477. The summed E-state index contributed by atoms with van der Waals surface area (Å²) in [5.41, 5.74) is 1.91. The number of para-hydroxylation sites is 1. The Morgan fingerprint density at radius 1 is 1.38 bits per heavy atom. The van der Waals surface area contributed by atoms with Crippen molar-refractivity contribution in [2.75, 3.05) is 24.6 Å². The van der Waals surface area contributed by atoms with E-state index in [9.17, 15) is 9.59 Å². The predicted octanol–water partition coefficient (Wildman–Crippen LogP) is 2.18. The fourth-order valence-corrected chi connectivity index (χ4v) is 4.23. The van der Waals surface area contributed by atoms with Crippen molar-refractivity contribution in [1.29, 1.82) is 0 Å². The van der Waals surface area contributed by atoms with Gasteiger partial charge in [0.25, 0.3) is 0 Å². The highest BCUT2D eigenvalue weighted by atomic mass is 32.1. The second-order valence-corrected chi connectivity index (χ2v) is 7.58. The molecule has 0 unspecified atom stereocenters. The number of carbonyl (C=O) groups excluding carboxylic acids is 2. The standard InChI is InChI=1S/C19H21N3O3S/c23-17(9-15-12-26-19(21-15)22-7-3-6-18(22)24)20-10-13-8-14-4-1-2-5-16(14)25-11-13/h1-2,4-5,12-13H,3,6-11H2,(H,20,23)/t13-/m1/s1. The molecule has 1 aromatic carbocycles. The van der Waals surface area contributed by atoms with Gasteiger partial charge in [0.05, 0.1) is 18.7 Å². The highest BCUT2D eigenvalue weighted by Gasteiger charge is 2.24. The van der Waals surface area contributed by atoms with Crippen molar-refractivity contribution in [3.05, 3.63) is 40.9 Å². The summed E-state index contributed by atoms with van der Waals surface area (Å²) in [5.74, 6) is 1.30. The molecule has 4 rings (SSSR count). The number of benzene rings is 1. The van der Waals surface area contributed by atoms with E-state index >= 15 is 0 Å². The number of hydrogen-bond donors (Lipinski definition) is 1. The molecule has 3 heterocycles. The lowest BCUT2D eigenvalue weighted by molar-refractivity contribution is -0.120. The van der Waals surface area contributed by atoms with Crippen molar-refractivity contribution in [1.82, 2.24) is 10.3 Å². The van der Waals surface area contributed by atoms with Crippen LogP contribution in [0.4, 0.5) is 5.13 Å². The van der Waals surface area contributed by atoms with Gasteiger partial charge >= 0.3 is 0 Å². The number of aromatic nitrogens is 1. The van der Waals surface area contributed by atoms with Crippen LogP contribution in [0.25, 0.3) is 0 Å². The zero-order valence-electron chi connectivity index (χ0n) is 14.4. The van der Waals surface area contributed by atoms with Gasteiger partial charge in [-0.15, -0.1) is 11.3 Å². The summed E-state index contributed by atoms with van der Waals surface area (Å²) in [6.07, 6.45) is 2.61. The van der Waals surface area contributed by atoms with Gasteiger partial charge in [-0.3, -0.25) is 14.5 Å². The number of anilines is 1. The number of nitrogens with zero attached hydrogens (tertiary/aromatic N) is 2. The second-order valence-electron chi connectivity index (χ2n) is 6.74. The van der Waals surface area contributed by atoms with Crippen molar-refractivity contribution in [2.45, 2.75) is 25.7 Å². The van der Waals surface area contributed by atoms with E-state index in [4.69, 9.17) is 4.74 Å². The summed E-state index contributed by atoms with van der Waals surface area (Å²) in [6, 6.07) is 8.03. The summed E-state index contributed by atoms with van der Waals surface area (Å²) in [4.78, 5) is 30.2. The first-order valence-corrected chi connectivity index (χ1v) is 9.79. The molecule has 1 atom stereocenters. The Morgan fingerprint density at radius 2 is 2.27 bits per heavy atom. The largest absolute Gasteiger partial charge is 0.493 e. The van der Waals surface area contributed by atoms with E-state index in [-0.39, 0.29) is 24.2 Å². The summed E-state index contributed by atoms with van der Waals surface area (Å²) in [6.45, 7) is 1.94. The van der Waals surface area contributed by atoms with E-state index in [1.54, 1.807) is 4.90 Å². The Balaban J connectivity index is 1.27. The van der Waals surface area contributed by atoms with Gasteiger partial charge in [-0.25, -0.2) is 4.98 Å². The SMILES string of the molecule is O=C(Cc1csc(N2CCCC2=O)n1)NC[C@@H]1COc2ccccc2C1. The number of nitrogens with one attached hydrogen (secondary N) is 1. The normalized spacial score (nSPS) is 19.2. The molecule has 0 bridgehead atoms. The fraction of sp³-hybridized carbons (Fsp3) is 0.421. The molecule has 1 saturated heterocycles. The minimum Gasteiger partial charge on any atom is -0.493 e. The highest BCUT2D eigenvalue weighted by Crippen LogP contribution is 2.27. The van der Waals surface area contributed by atoms with Crippen molar-refractivity contribution in [3.63, 3.8) is 0 Å². The molecule has 0 radical (unpaired) electrons. The van der Waals surface area contributed by atoms with Gasteiger partial charge in [0.2, 0.25) is 11.8 Å². The van der Waals surface area contributed by atoms with Crippen LogP contribution in [0.1, 0.15) is 24.1 Å². The maximum Gasteiger partial charge on any atom is 0.228 e. The molecule has 1 fully saturated rings. The average molecular weight is 371 g/mol. The highest BCUT2D eigenvalue weighted by molar-refractivity contribution is 7.14. The van der Waals surface area contributed by atoms with Crippen molar-refractivity contribution >= 4 is 28.3 Å². The Labute approximate surface area is 156 Å². The molecule has 1 aromatic heterocycles. The minimum atomic E-state index is -0.0477. The first-order chi connectivity index (χ1) is 12.7. The van der Waals surface area contributed by atoms with Crippen LogP contribution in [-0.4, -0.2) is 36.5 Å². The lowest BCUT2D eigenvalue weighted by Crippen LogP contribution is -2.35. The topological polar surface area (TPSA) is 71.5 Å². The summed E-state index contributed by atoms with van der Waals surface area (Å²) in [5, 5.41) is 5.55. The molecule has 2 aliphatic heterocycles. The van der Waals surface area contributed by atoms with Crippen LogP contribution in [0.15, 0.2) is 29.6 Å². The molecule has 6 nitrogen and oxygen atoms in total. The number of rotatable bonds is 5. The fourth-order valence-electron chi connectivity index (χ4n) is 3.36. The van der Waals surface area contributed by atoms with Gasteiger partial charge in [-0.1, -0.05) is 18.2 Å². The van der Waals surface area contributed by atoms with Crippen LogP contribution >= 0.6 is 11.3 Å². The smallest absolute Gasteiger partial charge is 0.228 e. The molecule has 0 spiro atoms. The van der Waals surface area contributed by atoms with Gasteiger partial charge in [0, 0.05) is 30.8 Å². The van der Waals surface area contributed by atoms with E-state index in [0.29, 0.717) is 30.4 Å². The van der Waals surface area contributed by atoms with Crippen molar-refractivity contribution in [3.8, 4) is 5.75 Å². The Kier molecular flexibility index (Phi) is 4.88. The molecule has 2 aromatic rings. The number of carbonyl (C=O) groups is 2. The summed E-state index contributed by atoms with van der Waals surface area (Å²) in [7, 11) is 0. The maximum atomic E-state index is 12.2. The quantitative estimate of drug-likeness (QED) is 0.874. The lowest BCUT2D eigenvalue weighted by Gasteiger charge is -2.25. The maximum absolute atomic E-state index is 12.2. The predicted molar refractivity (Wildman–Crippen MR) is 99.5 cm³/mol. The van der Waals surface area contributed by atoms with Gasteiger partial charge in [0.1, 0.15) is 5.75 Å². The first kappa shape index (κ1) is 17.0. The molecule has 0 saturated carbocycles. The van der Waals surface area contributed by atoms with E-state index in [1.807, 2.05) is 23.6 Å². The molecule has 2 amide bonds. The van der Waals surface area contributed by atoms with Gasteiger partial charge < -0.3 is 10.1 Å². The van der Waals surface area contributed by atoms with Crippen LogP contribution in [0.2, 0.25) is 0 Å². The molecule has 7 heteroatoms. The monoisotopic (exact) mass is 371 g/mol. The molecule has 2 aliphatic rings. The van der Waals surface area contributed by atoms with Gasteiger partial charge in [-0.05, 0) is 24.5 Å². The van der Waals surface area contributed by atoms with Gasteiger partial charge in [-0.2, -0.15) is 0 Å². The number of fused-ring (bicyclic) bond motifs is 1. The number of thiazole rings is 1. The molecular formula is C19H21N3O3S. The molecule has 26 heavy (non-hydrogen) atoms. The zero-order chi connectivity index (χ0) is 17.9. The Morgan fingerprint density at radius 3 is 3.12 bits per heavy atom. The van der Waals surface area contributed by atoms with Crippen LogP contribution < -0.4 is 15.0 Å². The summed E-state index contributed by atoms with van der Waals surface area (Å²) < 4.78 is 5.76. The summed E-state index contributed by atoms with van der Waals surface area (Å²) >= 11 is 1.42. The van der Waals surface area contributed by atoms with Crippen LogP contribution in [0, 0.1) is 5.92 Å². The molecule has 0 aliphatic carbocycles. The number of amides is 2. The van der Waals surface area contributed by atoms with Crippen LogP contribution in [0.3, 0.4) is 0 Å². The zero-order valence-corrected chi connectivity index (χ0v) is 15.3. The van der Waals surface area contributed by atoms with E-state index in [0.717, 1.165) is 25.1 Å². The molecular weight excluding hydrogens is 350 g/mol. The second kappa shape index (κ2) is 7.45. The van der Waals surface area contributed by atoms with E-state index in [1.165, 1.54) is 16.9 Å². The third-order valence-corrected chi connectivity index (χ3v) is 5.64.